The summed E-state index contributed by atoms with van der Waals surface area (Å²) < 4.78 is 20.0. The van der Waals surface area contributed by atoms with Gasteiger partial charge < -0.3 is 9.52 Å². The summed E-state index contributed by atoms with van der Waals surface area (Å²) in [6.45, 7) is 0. The fourth-order valence-electron chi connectivity index (χ4n) is 10.6. The van der Waals surface area contributed by atoms with Gasteiger partial charge in [0.05, 0.1) is 34.5 Å². The second kappa shape index (κ2) is 13.7. The monoisotopic (exact) mass is 828 g/mol. The molecule has 6 aromatic carbocycles. The Kier molecular flexibility index (Phi) is 8.30. The van der Waals surface area contributed by atoms with E-state index in [2.05, 4.69) is 10.4 Å². The number of halogens is 2. The number of nitrogens with zero attached hydrogens (tertiary/aromatic N) is 3. The number of anilines is 2. The minimum atomic E-state index is -1.57. The number of rotatable bonds is 6. The third-order valence-electron chi connectivity index (χ3n) is 13.2. The van der Waals surface area contributed by atoms with Crippen LogP contribution < -0.4 is 10.3 Å². The van der Waals surface area contributed by atoms with Crippen LogP contribution in [0.3, 0.4) is 0 Å². The number of aromatic nitrogens is 1. The van der Waals surface area contributed by atoms with Crippen LogP contribution in [0.25, 0.3) is 33.3 Å². The van der Waals surface area contributed by atoms with Crippen LogP contribution in [0.1, 0.15) is 29.9 Å². The quantitative estimate of drug-likeness (QED) is 0.125. The molecule has 11 rings (SSSR count). The maximum Gasteiger partial charge on any atom is 0.260 e. The number of oxazole rings is 1. The molecule has 6 atom stereocenters. The number of hydrazine groups is 1. The van der Waals surface area contributed by atoms with Crippen molar-refractivity contribution in [1.82, 2.24) is 9.99 Å². The number of phenols is 1. The third kappa shape index (κ3) is 5.43. The molecule has 2 saturated heterocycles. The molecule has 3 heterocycles. The highest BCUT2D eigenvalue weighted by atomic mass is 35.5. The maximum atomic E-state index is 15.6. The second-order valence-electron chi connectivity index (χ2n) is 16.1. The van der Waals surface area contributed by atoms with Crippen LogP contribution in [0.2, 0.25) is 5.02 Å². The van der Waals surface area contributed by atoms with E-state index in [0.717, 1.165) is 10.6 Å². The van der Waals surface area contributed by atoms with E-state index in [9.17, 15) is 19.1 Å². The van der Waals surface area contributed by atoms with Gasteiger partial charge in [-0.3, -0.25) is 29.5 Å². The normalized spacial score (nSPS) is 24.6. The summed E-state index contributed by atoms with van der Waals surface area (Å²) in [6, 6.07) is 37.4. The molecule has 4 amide bonds. The second-order valence-corrected chi connectivity index (χ2v) is 16.6. The highest BCUT2D eigenvalue weighted by Crippen LogP contribution is 2.65. The molecule has 1 saturated carbocycles. The van der Waals surface area contributed by atoms with Crippen LogP contribution >= 0.6 is 11.6 Å². The molecule has 10 nitrogen and oxygen atoms in total. The number of phenolic OH excluding ortho intramolecular Hbond substituents is 1. The van der Waals surface area contributed by atoms with E-state index in [1.807, 2.05) is 48.5 Å². The molecule has 2 N–H and O–H groups in total. The minimum absolute atomic E-state index is 0.0456. The Bertz CT molecular complexity index is 2990. The van der Waals surface area contributed by atoms with Crippen molar-refractivity contribution >= 4 is 68.5 Å². The number of carbonyl (C=O) groups is 4. The summed E-state index contributed by atoms with van der Waals surface area (Å²) in [4.78, 5) is 65.8. The van der Waals surface area contributed by atoms with Crippen molar-refractivity contribution in [2.75, 3.05) is 10.3 Å². The van der Waals surface area contributed by atoms with Crippen molar-refractivity contribution < 1.29 is 33.1 Å². The lowest BCUT2D eigenvalue weighted by Crippen LogP contribution is -2.53. The number of benzene rings is 6. The fraction of sp³-hybridized carbons (Fsp3) is 0.163. The molecular formula is C49H34ClFN4O6. The van der Waals surface area contributed by atoms with Crippen LogP contribution in [-0.2, 0) is 24.6 Å². The topological polar surface area (TPSA) is 133 Å². The molecule has 7 aromatic rings. The molecule has 3 fully saturated rings. The van der Waals surface area contributed by atoms with Crippen molar-refractivity contribution in [1.29, 1.82) is 0 Å². The molecule has 2 aliphatic carbocycles. The average molecular weight is 829 g/mol. The van der Waals surface area contributed by atoms with E-state index in [-0.39, 0.29) is 30.4 Å². The van der Waals surface area contributed by atoms with Crippen molar-refractivity contribution in [3.63, 3.8) is 0 Å². The van der Waals surface area contributed by atoms with E-state index in [1.54, 1.807) is 66.7 Å². The zero-order valence-corrected chi connectivity index (χ0v) is 32.9. The number of nitrogens with one attached hydrogen (secondary N) is 1. The zero-order valence-electron chi connectivity index (χ0n) is 32.2. The van der Waals surface area contributed by atoms with Gasteiger partial charge in [0.25, 0.3) is 11.8 Å². The van der Waals surface area contributed by atoms with Crippen molar-refractivity contribution in [3.8, 4) is 17.2 Å². The van der Waals surface area contributed by atoms with E-state index in [1.165, 1.54) is 29.2 Å². The summed E-state index contributed by atoms with van der Waals surface area (Å²) in [5.41, 5.74) is 6.16. The van der Waals surface area contributed by atoms with Crippen LogP contribution in [0.15, 0.2) is 150 Å². The number of hydrogen-bond acceptors (Lipinski definition) is 8. The number of amides is 4. The van der Waals surface area contributed by atoms with E-state index in [4.69, 9.17) is 16.0 Å². The van der Waals surface area contributed by atoms with Crippen LogP contribution in [0.5, 0.6) is 5.75 Å². The predicted molar refractivity (Wildman–Crippen MR) is 227 cm³/mol. The lowest BCUT2D eigenvalue weighted by atomic mass is 9.49. The first-order chi connectivity index (χ1) is 29.6. The molecule has 0 radical (unpaired) electrons. The molecule has 0 unspecified atom stereocenters. The van der Waals surface area contributed by atoms with Gasteiger partial charge in [-0.2, -0.15) is 5.01 Å². The Morgan fingerprint density at radius 3 is 2.25 bits per heavy atom. The first-order valence-corrected chi connectivity index (χ1v) is 20.4. The van der Waals surface area contributed by atoms with E-state index < -0.39 is 52.6 Å². The van der Waals surface area contributed by atoms with E-state index >= 15 is 9.59 Å². The number of imide groups is 2. The molecule has 2 aliphatic heterocycles. The zero-order chi connectivity index (χ0) is 41.7. The number of para-hydroxylation sites is 2. The number of aromatic hydroxyl groups is 1. The largest absolute Gasteiger partial charge is 0.507 e. The van der Waals surface area contributed by atoms with Gasteiger partial charge in [-0.05, 0) is 114 Å². The summed E-state index contributed by atoms with van der Waals surface area (Å²) >= 11 is 6.45. The summed E-state index contributed by atoms with van der Waals surface area (Å²) in [5.74, 6) is -5.84. The molecular weight excluding hydrogens is 795 g/mol. The Labute approximate surface area is 352 Å². The van der Waals surface area contributed by atoms with Crippen molar-refractivity contribution in [2.24, 2.45) is 23.7 Å². The smallest absolute Gasteiger partial charge is 0.260 e. The summed E-state index contributed by atoms with van der Waals surface area (Å²) in [7, 11) is 0. The van der Waals surface area contributed by atoms with Gasteiger partial charge in [0.2, 0.25) is 17.7 Å². The molecule has 61 heavy (non-hydrogen) atoms. The van der Waals surface area contributed by atoms with Gasteiger partial charge in [-0.1, -0.05) is 77.8 Å². The fourth-order valence-corrected chi connectivity index (χ4v) is 10.7. The van der Waals surface area contributed by atoms with Crippen molar-refractivity contribution in [2.45, 2.75) is 24.2 Å². The van der Waals surface area contributed by atoms with Gasteiger partial charge in [0.1, 0.15) is 17.1 Å². The number of carbonyl (C=O) groups excluding carboxylic acids is 4. The molecule has 4 aliphatic rings. The summed E-state index contributed by atoms with van der Waals surface area (Å²) in [5, 5.41) is 13.8. The Hall–Kier alpha value is -7.11. The third-order valence-corrected chi connectivity index (χ3v) is 13.4. The molecule has 12 heteroatoms. The van der Waals surface area contributed by atoms with Crippen LogP contribution in [0, 0.1) is 29.5 Å². The Balaban J connectivity index is 1.05. The maximum absolute atomic E-state index is 15.6. The molecule has 0 bridgehead atoms. The SMILES string of the molecule is O=C1[C@@H]2C[C@@H]3C(=CC[C@@H]4C(=O)N(c5ccc(-c6nc7ccccc7o6)cc5)C(=O)[C@@H]43)[C@H](c3ccc(O)c4ccccc34)[C@]2(c2ccc(Cl)cc2)C(=O)N1Nc1ccc(F)cc1. The van der Waals surface area contributed by atoms with Gasteiger partial charge in [0.15, 0.2) is 5.58 Å². The molecule has 300 valence electrons. The van der Waals surface area contributed by atoms with Gasteiger partial charge in [-0.15, -0.1) is 0 Å². The molecule has 1 aromatic heterocycles. The highest BCUT2D eigenvalue weighted by Gasteiger charge is 2.70. The number of allylic oxidation sites excluding steroid dienone is 2. The Morgan fingerprint density at radius 2 is 1.49 bits per heavy atom. The van der Waals surface area contributed by atoms with Gasteiger partial charge in [-0.25, -0.2) is 9.37 Å². The lowest BCUT2D eigenvalue weighted by Gasteiger charge is -2.51. The Morgan fingerprint density at radius 1 is 0.770 bits per heavy atom. The van der Waals surface area contributed by atoms with Crippen LogP contribution in [-0.4, -0.2) is 38.7 Å². The van der Waals surface area contributed by atoms with Gasteiger partial charge in [0, 0.05) is 21.9 Å². The number of hydrogen-bond donors (Lipinski definition) is 2. The summed E-state index contributed by atoms with van der Waals surface area (Å²) in [6.07, 6.45) is 2.30. The van der Waals surface area contributed by atoms with E-state index in [0.29, 0.717) is 60.9 Å². The average Bonchev–Trinajstić information content (AvgIpc) is 3.89. The standard InChI is InChI=1S/C49H34ClFN4O6/c50-28-13-11-27(12-14-28)49-38(46(58)55(48(49)60)53-30-17-15-29(51)16-18-30)25-37-35(43(49)34-23-24-40(56)33-6-2-1-5-32(33)34)21-22-36-42(37)47(59)54(45(36)57)31-19-9-26(10-20-31)44-52-39-7-3-4-8-41(39)61-44/h1-21,23-24,36-38,42-43,53,56H,22,25H2/t36-,37+,38-,42-,43-,49+/m0/s1. The molecule has 0 spiro atoms. The minimum Gasteiger partial charge on any atom is -0.507 e. The van der Waals surface area contributed by atoms with Crippen LogP contribution in [0.4, 0.5) is 15.8 Å². The lowest BCUT2D eigenvalue weighted by molar-refractivity contribution is -0.138. The first kappa shape index (κ1) is 36.9. The predicted octanol–water partition coefficient (Wildman–Crippen LogP) is 9.34. The number of fused-ring (bicyclic) bond motifs is 6. The highest BCUT2D eigenvalue weighted by molar-refractivity contribution is 6.30. The van der Waals surface area contributed by atoms with Crippen molar-refractivity contribution in [3.05, 3.63) is 167 Å². The van der Waals surface area contributed by atoms with Gasteiger partial charge >= 0.3 is 0 Å². The first-order valence-electron chi connectivity index (χ1n) is 20.0.